The molecule has 0 aliphatic heterocycles. The molecule has 9 heteroatoms. The van der Waals surface area contributed by atoms with Gasteiger partial charge in [0.1, 0.15) is 11.3 Å². The first-order chi connectivity index (χ1) is 10.3. The summed E-state index contributed by atoms with van der Waals surface area (Å²) in [6.45, 7) is 0. The fourth-order valence-electron chi connectivity index (χ4n) is 1.91. The van der Waals surface area contributed by atoms with Gasteiger partial charge in [0.05, 0.1) is 15.9 Å². The Bertz CT molecular complexity index is 787. The molecule has 2 aromatic rings. The van der Waals surface area contributed by atoms with Crippen LogP contribution in [0.3, 0.4) is 0 Å². The standard InChI is InChI=1S/C13H8N2O7/c16-9-6-8(14(19)20)13(18)11(15(21)22)10(9)12(17)7-4-2-1-3-5-7/h1-6,16,18H. The van der Waals surface area contributed by atoms with Crippen molar-refractivity contribution in [2.75, 3.05) is 0 Å². The Morgan fingerprint density at radius 3 is 2.09 bits per heavy atom. The zero-order chi connectivity index (χ0) is 16.4. The Kier molecular flexibility index (Phi) is 3.71. The van der Waals surface area contributed by atoms with Gasteiger partial charge >= 0.3 is 11.4 Å². The predicted octanol–water partition coefficient (Wildman–Crippen LogP) is 2.15. The molecule has 0 aliphatic carbocycles. The number of nitro groups is 2. The number of aromatic hydroxyl groups is 2. The third-order valence-corrected chi connectivity index (χ3v) is 2.88. The molecular weight excluding hydrogens is 296 g/mol. The van der Waals surface area contributed by atoms with E-state index in [1.807, 2.05) is 0 Å². The van der Waals surface area contributed by atoms with Gasteiger partial charge in [-0.1, -0.05) is 30.3 Å². The van der Waals surface area contributed by atoms with Crippen molar-refractivity contribution in [3.05, 3.63) is 67.8 Å². The molecule has 2 rings (SSSR count). The van der Waals surface area contributed by atoms with Crippen molar-refractivity contribution >= 4 is 17.2 Å². The van der Waals surface area contributed by atoms with Crippen molar-refractivity contribution in [1.82, 2.24) is 0 Å². The number of ketones is 1. The van der Waals surface area contributed by atoms with Crippen LogP contribution in [0.1, 0.15) is 15.9 Å². The van der Waals surface area contributed by atoms with Crippen LogP contribution in [-0.2, 0) is 0 Å². The minimum atomic E-state index is -1.29. The normalized spacial score (nSPS) is 10.2. The van der Waals surface area contributed by atoms with Crippen LogP contribution < -0.4 is 0 Å². The molecule has 2 N–H and O–H groups in total. The second-order valence-corrected chi connectivity index (χ2v) is 4.20. The van der Waals surface area contributed by atoms with E-state index in [1.54, 1.807) is 6.07 Å². The van der Waals surface area contributed by atoms with Crippen molar-refractivity contribution in [3.63, 3.8) is 0 Å². The van der Waals surface area contributed by atoms with Gasteiger partial charge in [0.15, 0.2) is 0 Å². The van der Waals surface area contributed by atoms with Crippen LogP contribution >= 0.6 is 0 Å². The van der Waals surface area contributed by atoms with Crippen LogP contribution in [0.15, 0.2) is 36.4 Å². The van der Waals surface area contributed by atoms with Gasteiger partial charge in [0.2, 0.25) is 5.78 Å². The fourth-order valence-corrected chi connectivity index (χ4v) is 1.91. The molecule has 0 amide bonds. The van der Waals surface area contributed by atoms with Crippen LogP contribution in [-0.4, -0.2) is 25.8 Å². The third-order valence-electron chi connectivity index (χ3n) is 2.88. The van der Waals surface area contributed by atoms with Crippen molar-refractivity contribution in [1.29, 1.82) is 0 Å². The molecule has 0 fully saturated rings. The number of phenols is 2. The van der Waals surface area contributed by atoms with Gasteiger partial charge in [0, 0.05) is 5.56 Å². The lowest BCUT2D eigenvalue weighted by Crippen LogP contribution is -2.07. The average molecular weight is 304 g/mol. The number of carbonyl (C=O) groups is 1. The molecule has 0 spiro atoms. The quantitative estimate of drug-likeness (QED) is 0.381. The van der Waals surface area contributed by atoms with Crippen molar-refractivity contribution in [2.45, 2.75) is 0 Å². The lowest BCUT2D eigenvalue weighted by molar-refractivity contribution is -0.396. The minimum absolute atomic E-state index is 0.0224. The van der Waals surface area contributed by atoms with E-state index in [0.717, 1.165) is 0 Å². The first-order valence-electron chi connectivity index (χ1n) is 5.82. The molecule has 0 saturated carbocycles. The SMILES string of the molecule is O=C(c1ccccc1)c1c(O)cc([N+](=O)[O-])c(O)c1[N+](=O)[O-]. The highest BCUT2D eigenvalue weighted by molar-refractivity contribution is 6.14. The molecule has 112 valence electrons. The van der Waals surface area contributed by atoms with Gasteiger partial charge in [-0.05, 0) is 0 Å². The lowest BCUT2D eigenvalue weighted by atomic mass is 9.99. The third kappa shape index (κ3) is 2.42. The summed E-state index contributed by atoms with van der Waals surface area (Å²) in [5.74, 6) is -3.17. The molecule has 0 heterocycles. The van der Waals surface area contributed by atoms with E-state index in [2.05, 4.69) is 0 Å². The molecule has 0 bridgehead atoms. The van der Waals surface area contributed by atoms with E-state index in [4.69, 9.17) is 0 Å². The summed E-state index contributed by atoms with van der Waals surface area (Å²) in [6, 6.07) is 7.81. The van der Waals surface area contributed by atoms with E-state index in [-0.39, 0.29) is 5.56 Å². The summed E-state index contributed by atoms with van der Waals surface area (Å²) < 4.78 is 0. The van der Waals surface area contributed by atoms with Crippen LogP contribution in [0.25, 0.3) is 0 Å². The first kappa shape index (κ1) is 14.9. The zero-order valence-electron chi connectivity index (χ0n) is 10.8. The molecule has 0 unspecified atom stereocenters. The molecule has 0 saturated heterocycles. The van der Waals surface area contributed by atoms with Crippen molar-refractivity contribution < 1.29 is 24.9 Å². The number of carbonyl (C=O) groups excluding carboxylic acids is 1. The van der Waals surface area contributed by atoms with Crippen molar-refractivity contribution in [3.8, 4) is 11.5 Å². The second kappa shape index (κ2) is 5.48. The van der Waals surface area contributed by atoms with E-state index in [1.165, 1.54) is 24.3 Å². The van der Waals surface area contributed by atoms with E-state index in [9.17, 15) is 35.2 Å². The lowest BCUT2D eigenvalue weighted by Gasteiger charge is -2.07. The maximum atomic E-state index is 12.3. The summed E-state index contributed by atoms with van der Waals surface area (Å²) in [4.78, 5) is 31.8. The van der Waals surface area contributed by atoms with Gasteiger partial charge in [-0.15, -0.1) is 0 Å². The molecule has 22 heavy (non-hydrogen) atoms. The summed E-state index contributed by atoms with van der Waals surface area (Å²) in [6.07, 6.45) is 0. The van der Waals surface area contributed by atoms with E-state index in [0.29, 0.717) is 6.07 Å². The molecule has 0 aliphatic rings. The zero-order valence-corrected chi connectivity index (χ0v) is 10.8. The largest absolute Gasteiger partial charge is 0.507 e. The highest BCUT2D eigenvalue weighted by Gasteiger charge is 2.35. The number of hydrogen-bond acceptors (Lipinski definition) is 7. The maximum Gasteiger partial charge on any atom is 0.332 e. The Labute approximate surface area is 122 Å². The Morgan fingerprint density at radius 1 is 1.00 bits per heavy atom. The number of phenolic OH excluding ortho intramolecular Hbond substituents is 2. The predicted molar refractivity (Wildman–Crippen MR) is 73.0 cm³/mol. The van der Waals surface area contributed by atoms with Crippen molar-refractivity contribution in [2.24, 2.45) is 0 Å². The molecule has 0 atom stereocenters. The molecule has 0 aromatic heterocycles. The smallest absolute Gasteiger partial charge is 0.332 e. The number of benzene rings is 2. The molecular formula is C13H8N2O7. The minimum Gasteiger partial charge on any atom is -0.507 e. The summed E-state index contributed by atoms with van der Waals surface area (Å²) in [5.41, 5.74) is -3.05. The number of nitrogens with zero attached hydrogens (tertiary/aromatic N) is 2. The fraction of sp³-hybridized carbons (Fsp3) is 0. The van der Waals surface area contributed by atoms with E-state index < -0.39 is 44.1 Å². The summed E-state index contributed by atoms with van der Waals surface area (Å²) in [7, 11) is 0. The van der Waals surface area contributed by atoms with Gasteiger partial charge in [-0.2, -0.15) is 0 Å². The maximum absolute atomic E-state index is 12.3. The summed E-state index contributed by atoms with van der Waals surface area (Å²) in [5, 5.41) is 41.3. The number of rotatable bonds is 4. The molecule has 9 nitrogen and oxygen atoms in total. The molecule has 0 radical (unpaired) electrons. The molecule has 2 aromatic carbocycles. The summed E-state index contributed by atoms with van der Waals surface area (Å²) >= 11 is 0. The van der Waals surface area contributed by atoms with E-state index >= 15 is 0 Å². The van der Waals surface area contributed by atoms with Gasteiger partial charge in [-0.25, -0.2) is 0 Å². The van der Waals surface area contributed by atoms with Gasteiger partial charge in [0.25, 0.3) is 5.75 Å². The highest BCUT2D eigenvalue weighted by atomic mass is 16.6. The van der Waals surface area contributed by atoms with Crippen LogP contribution in [0.4, 0.5) is 11.4 Å². The van der Waals surface area contributed by atoms with Crippen LogP contribution in [0.2, 0.25) is 0 Å². The van der Waals surface area contributed by atoms with Crippen LogP contribution in [0.5, 0.6) is 11.5 Å². The average Bonchev–Trinajstić information content (AvgIpc) is 2.48. The Morgan fingerprint density at radius 2 is 1.59 bits per heavy atom. The van der Waals surface area contributed by atoms with Crippen LogP contribution in [0, 0.1) is 20.2 Å². The monoisotopic (exact) mass is 304 g/mol. The highest BCUT2D eigenvalue weighted by Crippen LogP contribution is 2.44. The first-order valence-corrected chi connectivity index (χ1v) is 5.82. The second-order valence-electron chi connectivity index (χ2n) is 4.20. The number of hydrogen-bond donors (Lipinski definition) is 2. The van der Waals surface area contributed by atoms with Gasteiger partial charge < -0.3 is 10.2 Å². The Hall–Kier alpha value is -3.49. The van der Waals surface area contributed by atoms with Gasteiger partial charge in [-0.3, -0.25) is 25.0 Å². The topological polar surface area (TPSA) is 144 Å². The Balaban J connectivity index is 2.76. The number of nitro benzene ring substituents is 2.